The second-order valence-electron chi connectivity index (χ2n) is 3.32. The molecule has 0 aliphatic heterocycles. The van der Waals surface area contributed by atoms with Crippen LogP contribution in [0, 0.1) is 11.6 Å². The Balaban J connectivity index is 2.25. The molecule has 0 amide bonds. The summed E-state index contributed by atoms with van der Waals surface area (Å²) in [6.07, 6.45) is 3.83. The van der Waals surface area contributed by atoms with E-state index in [0.29, 0.717) is 12.0 Å². The molecule has 0 radical (unpaired) electrons. The van der Waals surface area contributed by atoms with E-state index in [1.54, 1.807) is 18.5 Å². The fourth-order valence-corrected chi connectivity index (χ4v) is 1.45. The van der Waals surface area contributed by atoms with Crippen LogP contribution in [0.25, 0.3) is 0 Å². The summed E-state index contributed by atoms with van der Waals surface area (Å²) in [4.78, 5) is 3.94. The second kappa shape index (κ2) is 4.17. The maximum atomic E-state index is 12.9. The number of hydrogen-bond acceptors (Lipinski definition) is 1. The van der Waals surface area contributed by atoms with Gasteiger partial charge in [0.1, 0.15) is 11.6 Å². The molecule has 0 saturated carbocycles. The summed E-state index contributed by atoms with van der Waals surface area (Å²) < 4.78 is 25.8. The number of halogens is 2. The predicted octanol–water partition coefficient (Wildman–Crippen LogP) is 2.95. The van der Waals surface area contributed by atoms with Crippen molar-refractivity contribution in [3.8, 4) is 0 Å². The minimum absolute atomic E-state index is 0.489. The molecule has 0 aliphatic carbocycles. The van der Waals surface area contributed by atoms with E-state index in [9.17, 15) is 8.78 Å². The first-order chi connectivity index (χ1) is 7.24. The number of rotatable bonds is 2. The summed E-state index contributed by atoms with van der Waals surface area (Å²) >= 11 is 0. The second-order valence-corrected chi connectivity index (χ2v) is 3.32. The van der Waals surface area contributed by atoms with Crippen molar-refractivity contribution >= 4 is 0 Å². The molecule has 0 N–H and O–H groups in total. The molecule has 76 valence electrons. The fraction of sp³-hybridized carbons (Fsp3) is 0.0833. The summed E-state index contributed by atoms with van der Waals surface area (Å²) in [5.74, 6) is -1.09. The molecule has 0 spiro atoms. The van der Waals surface area contributed by atoms with Crippen molar-refractivity contribution in [2.75, 3.05) is 0 Å². The lowest BCUT2D eigenvalue weighted by atomic mass is 10.1. The molecule has 0 atom stereocenters. The van der Waals surface area contributed by atoms with Crippen molar-refractivity contribution in [3.63, 3.8) is 0 Å². The molecule has 1 nitrogen and oxygen atoms in total. The Morgan fingerprint density at radius 3 is 2.33 bits per heavy atom. The quantitative estimate of drug-likeness (QED) is 0.734. The van der Waals surface area contributed by atoms with Crippen LogP contribution >= 0.6 is 0 Å². The first-order valence-electron chi connectivity index (χ1n) is 4.58. The van der Waals surface area contributed by atoms with Crippen LogP contribution in [-0.2, 0) is 6.42 Å². The van der Waals surface area contributed by atoms with E-state index in [1.807, 2.05) is 6.07 Å². The lowest BCUT2D eigenvalue weighted by molar-refractivity contribution is 0.580. The van der Waals surface area contributed by atoms with E-state index in [2.05, 4.69) is 4.98 Å². The molecule has 1 aromatic heterocycles. The number of hydrogen-bond donors (Lipinski definition) is 0. The van der Waals surface area contributed by atoms with Gasteiger partial charge in [-0.25, -0.2) is 8.78 Å². The van der Waals surface area contributed by atoms with Crippen molar-refractivity contribution < 1.29 is 8.78 Å². The molecule has 1 heterocycles. The summed E-state index contributed by atoms with van der Waals surface area (Å²) in [6, 6.07) is 7.19. The third kappa shape index (κ3) is 2.59. The first-order valence-corrected chi connectivity index (χ1v) is 4.58. The van der Waals surface area contributed by atoms with E-state index < -0.39 is 11.6 Å². The Kier molecular flexibility index (Phi) is 2.72. The van der Waals surface area contributed by atoms with E-state index in [0.717, 1.165) is 11.6 Å². The van der Waals surface area contributed by atoms with Crippen molar-refractivity contribution in [2.24, 2.45) is 0 Å². The van der Waals surface area contributed by atoms with Gasteiger partial charge < -0.3 is 0 Å². The molecule has 1 aromatic carbocycles. The monoisotopic (exact) mass is 205 g/mol. The highest BCUT2D eigenvalue weighted by Gasteiger charge is 2.01. The molecule has 0 aliphatic rings. The molecular formula is C12H9F2N. The highest BCUT2D eigenvalue weighted by molar-refractivity contribution is 5.25. The van der Waals surface area contributed by atoms with Gasteiger partial charge in [-0.05, 0) is 35.7 Å². The van der Waals surface area contributed by atoms with Gasteiger partial charge in [-0.3, -0.25) is 4.98 Å². The third-order valence-corrected chi connectivity index (χ3v) is 2.05. The standard InChI is InChI=1S/C12H9F2N/c13-11-5-10(6-12(14)7-11)4-9-2-1-3-15-8-9/h1-3,5-8H,4H2. The molecule has 0 unspecified atom stereocenters. The van der Waals surface area contributed by atoms with Gasteiger partial charge in [0.05, 0.1) is 0 Å². The van der Waals surface area contributed by atoms with Gasteiger partial charge in [0.2, 0.25) is 0 Å². The molecule has 0 bridgehead atoms. The van der Waals surface area contributed by atoms with E-state index in [-0.39, 0.29) is 0 Å². The first kappa shape index (κ1) is 9.77. The smallest absolute Gasteiger partial charge is 0.126 e. The topological polar surface area (TPSA) is 12.9 Å². The Morgan fingerprint density at radius 1 is 1.00 bits per heavy atom. The van der Waals surface area contributed by atoms with E-state index >= 15 is 0 Å². The van der Waals surface area contributed by atoms with Crippen LogP contribution in [0.5, 0.6) is 0 Å². The zero-order valence-corrected chi connectivity index (χ0v) is 7.95. The van der Waals surface area contributed by atoms with Crippen molar-refractivity contribution in [2.45, 2.75) is 6.42 Å². The predicted molar refractivity (Wildman–Crippen MR) is 53.4 cm³/mol. The van der Waals surface area contributed by atoms with Gasteiger partial charge in [0.15, 0.2) is 0 Å². The number of nitrogens with zero attached hydrogens (tertiary/aromatic N) is 1. The van der Waals surface area contributed by atoms with Gasteiger partial charge >= 0.3 is 0 Å². The Bertz CT molecular complexity index is 434. The maximum Gasteiger partial charge on any atom is 0.126 e. The van der Waals surface area contributed by atoms with E-state index in [1.165, 1.54) is 12.1 Å². The van der Waals surface area contributed by atoms with Crippen LogP contribution < -0.4 is 0 Å². The third-order valence-electron chi connectivity index (χ3n) is 2.05. The number of aromatic nitrogens is 1. The lowest BCUT2D eigenvalue weighted by Gasteiger charge is -2.01. The van der Waals surface area contributed by atoms with Gasteiger partial charge in [-0.15, -0.1) is 0 Å². The van der Waals surface area contributed by atoms with Crippen LogP contribution in [0.2, 0.25) is 0 Å². The number of pyridine rings is 1. The van der Waals surface area contributed by atoms with Crippen molar-refractivity contribution in [1.29, 1.82) is 0 Å². The van der Waals surface area contributed by atoms with Gasteiger partial charge in [-0.2, -0.15) is 0 Å². The summed E-state index contributed by atoms with van der Waals surface area (Å²) in [6.45, 7) is 0. The minimum atomic E-state index is -0.547. The molecule has 3 heteroatoms. The minimum Gasteiger partial charge on any atom is -0.264 e. The normalized spacial score (nSPS) is 10.3. The van der Waals surface area contributed by atoms with Gasteiger partial charge in [-0.1, -0.05) is 6.07 Å². The van der Waals surface area contributed by atoms with Crippen LogP contribution in [-0.4, -0.2) is 4.98 Å². The van der Waals surface area contributed by atoms with E-state index in [4.69, 9.17) is 0 Å². The molecule has 0 fully saturated rings. The molecule has 2 aromatic rings. The SMILES string of the molecule is Fc1cc(F)cc(Cc2cccnc2)c1. The summed E-state index contributed by atoms with van der Waals surface area (Å²) in [5, 5.41) is 0. The highest BCUT2D eigenvalue weighted by atomic mass is 19.1. The summed E-state index contributed by atoms with van der Waals surface area (Å²) in [7, 11) is 0. The lowest BCUT2D eigenvalue weighted by Crippen LogP contribution is -1.91. The fourth-order valence-electron chi connectivity index (χ4n) is 1.45. The van der Waals surface area contributed by atoms with Crippen molar-refractivity contribution in [1.82, 2.24) is 4.98 Å². The van der Waals surface area contributed by atoms with Crippen LogP contribution in [0.3, 0.4) is 0 Å². The van der Waals surface area contributed by atoms with Crippen LogP contribution in [0.1, 0.15) is 11.1 Å². The zero-order chi connectivity index (χ0) is 10.7. The average molecular weight is 205 g/mol. The number of benzene rings is 1. The summed E-state index contributed by atoms with van der Waals surface area (Å²) in [5.41, 5.74) is 1.54. The Hall–Kier alpha value is -1.77. The van der Waals surface area contributed by atoms with Crippen LogP contribution in [0.4, 0.5) is 8.78 Å². The maximum absolute atomic E-state index is 12.9. The molecule has 0 saturated heterocycles. The average Bonchev–Trinajstić information content (AvgIpc) is 2.17. The van der Waals surface area contributed by atoms with Gasteiger partial charge in [0, 0.05) is 18.5 Å². The molecule has 2 rings (SSSR count). The zero-order valence-electron chi connectivity index (χ0n) is 7.95. The van der Waals surface area contributed by atoms with Gasteiger partial charge in [0.25, 0.3) is 0 Å². The van der Waals surface area contributed by atoms with Crippen molar-refractivity contribution in [3.05, 3.63) is 65.5 Å². The Labute approximate surface area is 86.4 Å². The molecule has 15 heavy (non-hydrogen) atoms. The Morgan fingerprint density at radius 2 is 1.73 bits per heavy atom. The highest BCUT2D eigenvalue weighted by Crippen LogP contribution is 2.12. The molecular weight excluding hydrogens is 196 g/mol. The largest absolute Gasteiger partial charge is 0.264 e. The van der Waals surface area contributed by atoms with Crippen LogP contribution in [0.15, 0.2) is 42.7 Å².